The van der Waals surface area contributed by atoms with Crippen LogP contribution in [0.15, 0.2) is 41.5 Å². The van der Waals surface area contributed by atoms with Crippen molar-refractivity contribution in [3.63, 3.8) is 0 Å². The minimum Gasteiger partial charge on any atom is -0.497 e. The molecule has 1 aromatic heterocycles. The number of hydrogen-bond donors (Lipinski definition) is 3. The molecule has 0 unspecified atom stereocenters. The van der Waals surface area contributed by atoms with Crippen molar-refractivity contribution in [2.45, 2.75) is 6.54 Å². The molecule has 0 aliphatic carbocycles. The van der Waals surface area contributed by atoms with Crippen LogP contribution in [0, 0.1) is 0 Å². The Morgan fingerprint density at radius 2 is 2.00 bits per heavy atom. The molecule has 3 N–H and O–H groups in total. The van der Waals surface area contributed by atoms with E-state index in [0.29, 0.717) is 36.9 Å². The molecule has 8 nitrogen and oxygen atoms in total. The molecule has 2 aromatic rings. The highest BCUT2D eigenvalue weighted by molar-refractivity contribution is 14.0. The van der Waals surface area contributed by atoms with Gasteiger partial charge in [-0.2, -0.15) is 5.10 Å². The zero-order valence-electron chi connectivity index (χ0n) is 15.2. The minimum atomic E-state index is -0.140. The summed E-state index contributed by atoms with van der Waals surface area (Å²) in [5.41, 5.74) is 1.62. The van der Waals surface area contributed by atoms with Gasteiger partial charge in [-0.05, 0) is 24.3 Å². The number of aromatic nitrogens is 2. The predicted molar refractivity (Wildman–Crippen MR) is 112 cm³/mol. The van der Waals surface area contributed by atoms with Gasteiger partial charge in [0, 0.05) is 38.9 Å². The van der Waals surface area contributed by atoms with E-state index in [1.165, 1.54) is 0 Å². The number of benzene rings is 1. The van der Waals surface area contributed by atoms with Gasteiger partial charge in [-0.25, -0.2) is 0 Å². The Hall–Kier alpha value is -2.30. The second-order valence-corrected chi connectivity index (χ2v) is 5.29. The van der Waals surface area contributed by atoms with Crippen molar-refractivity contribution in [3.05, 3.63) is 47.8 Å². The van der Waals surface area contributed by atoms with Crippen molar-refractivity contribution in [1.82, 2.24) is 25.7 Å². The first-order chi connectivity index (χ1) is 12.1. The summed E-state index contributed by atoms with van der Waals surface area (Å²) in [7, 11) is 5.17. The summed E-state index contributed by atoms with van der Waals surface area (Å²) in [6, 6.07) is 8.98. The number of nitrogens with one attached hydrogen (secondary N) is 3. The summed E-state index contributed by atoms with van der Waals surface area (Å²) in [4.78, 5) is 16.2. The number of halogens is 1. The van der Waals surface area contributed by atoms with Crippen molar-refractivity contribution in [1.29, 1.82) is 0 Å². The van der Waals surface area contributed by atoms with Crippen molar-refractivity contribution >= 4 is 35.8 Å². The van der Waals surface area contributed by atoms with Gasteiger partial charge in [0.15, 0.2) is 5.96 Å². The van der Waals surface area contributed by atoms with Gasteiger partial charge in [0.05, 0.1) is 19.3 Å². The third kappa shape index (κ3) is 6.54. The van der Waals surface area contributed by atoms with Crippen LogP contribution in [-0.2, 0) is 13.6 Å². The lowest BCUT2D eigenvalue weighted by atomic mass is 10.2. The highest BCUT2D eigenvalue weighted by Crippen LogP contribution is 2.12. The number of methoxy groups -OCH3 is 1. The number of aryl methyl sites for hydroxylation is 1. The first kappa shape index (κ1) is 21.7. The molecule has 26 heavy (non-hydrogen) atoms. The molecule has 0 atom stereocenters. The van der Waals surface area contributed by atoms with E-state index >= 15 is 0 Å². The average molecular weight is 472 g/mol. The van der Waals surface area contributed by atoms with Gasteiger partial charge >= 0.3 is 0 Å². The van der Waals surface area contributed by atoms with E-state index in [1.54, 1.807) is 49.3 Å². The van der Waals surface area contributed by atoms with E-state index < -0.39 is 0 Å². The number of ether oxygens (including phenoxy) is 1. The third-order valence-corrected chi connectivity index (χ3v) is 3.62. The van der Waals surface area contributed by atoms with Gasteiger partial charge in [0.25, 0.3) is 5.91 Å². The zero-order chi connectivity index (χ0) is 18.1. The second kappa shape index (κ2) is 11.3. The minimum absolute atomic E-state index is 0. The van der Waals surface area contributed by atoms with Crippen molar-refractivity contribution in [2.75, 3.05) is 27.2 Å². The largest absolute Gasteiger partial charge is 0.497 e. The van der Waals surface area contributed by atoms with Crippen LogP contribution < -0.4 is 20.7 Å². The summed E-state index contributed by atoms with van der Waals surface area (Å²) in [5.74, 6) is 1.18. The van der Waals surface area contributed by atoms with Crippen LogP contribution in [0.2, 0.25) is 0 Å². The summed E-state index contributed by atoms with van der Waals surface area (Å²) < 4.78 is 6.92. The molecule has 0 saturated carbocycles. The molecule has 1 aromatic carbocycles. The molecule has 0 aliphatic heterocycles. The van der Waals surface area contributed by atoms with Gasteiger partial charge < -0.3 is 20.7 Å². The molecule has 0 aliphatic rings. The Morgan fingerprint density at radius 3 is 2.65 bits per heavy atom. The smallest absolute Gasteiger partial charge is 0.251 e. The normalized spacial score (nSPS) is 10.7. The Kier molecular flexibility index (Phi) is 9.48. The molecule has 0 radical (unpaired) electrons. The zero-order valence-corrected chi connectivity index (χ0v) is 17.5. The summed E-state index contributed by atoms with van der Waals surface area (Å²) in [6.07, 6.45) is 1.75. The second-order valence-electron chi connectivity index (χ2n) is 5.29. The van der Waals surface area contributed by atoms with E-state index in [-0.39, 0.29) is 29.9 Å². The Balaban J connectivity index is 0.00000338. The maximum atomic E-state index is 12.1. The first-order valence-corrected chi connectivity index (χ1v) is 7.97. The van der Waals surface area contributed by atoms with Gasteiger partial charge in [-0.15, -0.1) is 24.0 Å². The lowest BCUT2D eigenvalue weighted by molar-refractivity contribution is 0.0954. The lowest BCUT2D eigenvalue weighted by Crippen LogP contribution is -2.41. The van der Waals surface area contributed by atoms with Crippen LogP contribution in [-0.4, -0.2) is 48.9 Å². The average Bonchev–Trinajstić information content (AvgIpc) is 3.06. The van der Waals surface area contributed by atoms with Gasteiger partial charge in [-0.1, -0.05) is 6.07 Å². The number of amides is 1. The number of guanidine groups is 1. The van der Waals surface area contributed by atoms with E-state index in [0.717, 1.165) is 5.69 Å². The molecule has 2 rings (SSSR count). The quantitative estimate of drug-likeness (QED) is 0.243. The number of carbonyl (C=O) groups is 1. The molecule has 0 bridgehead atoms. The number of rotatable bonds is 7. The summed E-state index contributed by atoms with van der Waals surface area (Å²) in [6.45, 7) is 1.65. The van der Waals surface area contributed by atoms with Gasteiger partial charge in [-0.3, -0.25) is 14.5 Å². The lowest BCUT2D eigenvalue weighted by Gasteiger charge is -2.12. The van der Waals surface area contributed by atoms with Gasteiger partial charge in [0.1, 0.15) is 5.75 Å². The molecule has 9 heteroatoms. The summed E-state index contributed by atoms with van der Waals surface area (Å²) >= 11 is 0. The molecule has 1 heterocycles. The SMILES string of the molecule is CN=C(NCCNC(=O)c1cccc(OC)c1)NCc1ccnn1C.I. The summed E-state index contributed by atoms with van der Waals surface area (Å²) in [5, 5.41) is 13.3. The van der Waals surface area contributed by atoms with Crippen LogP contribution >= 0.6 is 24.0 Å². The molecule has 0 fully saturated rings. The molecular weight excluding hydrogens is 447 g/mol. The number of carbonyl (C=O) groups excluding carboxylic acids is 1. The van der Waals surface area contributed by atoms with Gasteiger partial charge in [0.2, 0.25) is 0 Å². The van der Waals surface area contributed by atoms with Crippen molar-refractivity contribution in [3.8, 4) is 5.75 Å². The number of aliphatic imine (C=N–C) groups is 1. The van der Waals surface area contributed by atoms with Crippen molar-refractivity contribution < 1.29 is 9.53 Å². The Labute approximate surface area is 170 Å². The van der Waals surface area contributed by atoms with Crippen LogP contribution in [0.5, 0.6) is 5.75 Å². The molecular formula is C17H25IN6O2. The maximum absolute atomic E-state index is 12.1. The maximum Gasteiger partial charge on any atom is 0.251 e. The molecule has 0 spiro atoms. The highest BCUT2D eigenvalue weighted by atomic mass is 127. The monoisotopic (exact) mass is 472 g/mol. The van der Waals surface area contributed by atoms with E-state index in [9.17, 15) is 4.79 Å². The van der Waals surface area contributed by atoms with E-state index in [4.69, 9.17) is 4.74 Å². The highest BCUT2D eigenvalue weighted by Gasteiger charge is 2.06. The van der Waals surface area contributed by atoms with Crippen LogP contribution in [0.25, 0.3) is 0 Å². The topological polar surface area (TPSA) is 92.6 Å². The predicted octanol–water partition coefficient (Wildman–Crippen LogP) is 1.14. The van der Waals surface area contributed by atoms with Crippen LogP contribution in [0.3, 0.4) is 0 Å². The Morgan fingerprint density at radius 1 is 1.23 bits per heavy atom. The number of nitrogens with zero attached hydrogens (tertiary/aromatic N) is 3. The Bertz CT molecular complexity index is 732. The fourth-order valence-electron chi connectivity index (χ4n) is 2.19. The first-order valence-electron chi connectivity index (χ1n) is 7.97. The fourth-order valence-corrected chi connectivity index (χ4v) is 2.19. The fraction of sp³-hybridized carbons (Fsp3) is 0.353. The molecule has 0 saturated heterocycles. The van der Waals surface area contributed by atoms with E-state index in [1.807, 2.05) is 13.1 Å². The van der Waals surface area contributed by atoms with Crippen LogP contribution in [0.4, 0.5) is 0 Å². The third-order valence-electron chi connectivity index (χ3n) is 3.62. The molecule has 1 amide bonds. The van der Waals surface area contributed by atoms with Crippen LogP contribution in [0.1, 0.15) is 16.1 Å². The number of hydrogen-bond acceptors (Lipinski definition) is 4. The molecule has 142 valence electrons. The standard InChI is InChI=1S/C17H24N6O2.HI/c1-18-17(21-12-14-7-8-22-23(14)2)20-10-9-19-16(24)13-5-4-6-15(11-13)25-3;/h4-8,11H,9-10,12H2,1-3H3,(H,19,24)(H2,18,20,21);1H. The van der Waals surface area contributed by atoms with E-state index in [2.05, 4.69) is 26.0 Å². The van der Waals surface area contributed by atoms with Crippen molar-refractivity contribution in [2.24, 2.45) is 12.0 Å².